The van der Waals surface area contributed by atoms with Crippen molar-refractivity contribution in [2.24, 2.45) is 11.3 Å². The van der Waals surface area contributed by atoms with Crippen molar-refractivity contribution >= 4 is 18.3 Å². The first-order chi connectivity index (χ1) is 8.60. The average molecular weight is 293 g/mol. The molecule has 0 aromatic rings. The van der Waals surface area contributed by atoms with Crippen LogP contribution in [0.2, 0.25) is 0 Å². The second-order valence-electron chi connectivity index (χ2n) is 5.76. The molecule has 0 aliphatic carbocycles. The average Bonchev–Trinajstić information content (AvgIpc) is 2.35. The van der Waals surface area contributed by atoms with E-state index in [0.29, 0.717) is 12.5 Å². The molecule has 2 N–H and O–H groups in total. The Balaban J connectivity index is 0.00000324. The highest BCUT2D eigenvalue weighted by atomic mass is 35.5. The van der Waals surface area contributed by atoms with Gasteiger partial charge in [-0.2, -0.15) is 0 Å². The number of methoxy groups -OCH3 is 1. The third kappa shape index (κ3) is 6.11. The number of hydrogen-bond donors (Lipinski definition) is 2. The van der Waals surface area contributed by atoms with Crippen LogP contribution in [0.1, 0.15) is 39.5 Å². The minimum Gasteiger partial charge on any atom is -0.384 e. The molecular formula is C14H29ClN2O2. The zero-order valence-corrected chi connectivity index (χ0v) is 13.3. The van der Waals surface area contributed by atoms with E-state index in [-0.39, 0.29) is 23.7 Å². The zero-order chi connectivity index (χ0) is 13.4. The number of piperidine rings is 1. The number of hydrogen-bond acceptors (Lipinski definition) is 3. The van der Waals surface area contributed by atoms with Crippen LogP contribution in [0, 0.1) is 11.3 Å². The number of carbonyl (C=O) groups excluding carboxylic acids is 1. The number of halogens is 1. The van der Waals surface area contributed by atoms with Gasteiger partial charge in [-0.15, -0.1) is 12.4 Å². The molecule has 5 heteroatoms. The van der Waals surface area contributed by atoms with Crippen molar-refractivity contribution in [3.8, 4) is 0 Å². The molecule has 0 spiro atoms. The molecule has 1 fully saturated rings. The SMILES string of the molecule is COCC1(C(=O)NCCCC(C)C)CCNCC1.Cl. The first-order valence-corrected chi connectivity index (χ1v) is 7.09. The van der Waals surface area contributed by atoms with E-state index in [0.717, 1.165) is 38.9 Å². The van der Waals surface area contributed by atoms with Gasteiger partial charge in [0.25, 0.3) is 0 Å². The topological polar surface area (TPSA) is 50.4 Å². The molecule has 19 heavy (non-hydrogen) atoms. The Morgan fingerprint density at radius 2 is 2.00 bits per heavy atom. The van der Waals surface area contributed by atoms with Gasteiger partial charge in [0, 0.05) is 13.7 Å². The van der Waals surface area contributed by atoms with Crippen molar-refractivity contribution in [3.05, 3.63) is 0 Å². The number of carbonyl (C=O) groups is 1. The fourth-order valence-corrected chi connectivity index (χ4v) is 2.52. The molecule has 0 bridgehead atoms. The molecule has 0 atom stereocenters. The largest absolute Gasteiger partial charge is 0.384 e. The summed E-state index contributed by atoms with van der Waals surface area (Å²) in [6.07, 6.45) is 3.97. The highest BCUT2D eigenvalue weighted by Crippen LogP contribution is 2.29. The summed E-state index contributed by atoms with van der Waals surface area (Å²) in [5, 5.41) is 6.39. The van der Waals surface area contributed by atoms with Gasteiger partial charge < -0.3 is 15.4 Å². The van der Waals surface area contributed by atoms with Crippen LogP contribution in [0.4, 0.5) is 0 Å². The maximum absolute atomic E-state index is 12.3. The fourth-order valence-electron chi connectivity index (χ4n) is 2.52. The number of ether oxygens (including phenoxy) is 1. The van der Waals surface area contributed by atoms with Crippen molar-refractivity contribution in [2.45, 2.75) is 39.5 Å². The number of nitrogens with one attached hydrogen (secondary N) is 2. The van der Waals surface area contributed by atoms with Crippen LogP contribution in [0.25, 0.3) is 0 Å². The molecule has 1 aliphatic rings. The summed E-state index contributed by atoms with van der Waals surface area (Å²) in [5.41, 5.74) is -0.308. The lowest BCUT2D eigenvalue weighted by atomic mass is 9.78. The number of amides is 1. The summed E-state index contributed by atoms with van der Waals surface area (Å²) in [6.45, 7) is 7.55. The zero-order valence-electron chi connectivity index (χ0n) is 12.5. The van der Waals surface area contributed by atoms with Crippen LogP contribution >= 0.6 is 12.4 Å². The maximum atomic E-state index is 12.3. The van der Waals surface area contributed by atoms with E-state index in [9.17, 15) is 4.79 Å². The monoisotopic (exact) mass is 292 g/mol. The Kier molecular flexibility index (Phi) is 9.40. The molecule has 0 saturated carbocycles. The molecule has 1 saturated heterocycles. The van der Waals surface area contributed by atoms with Gasteiger partial charge in [0.15, 0.2) is 0 Å². The van der Waals surface area contributed by atoms with Crippen LogP contribution < -0.4 is 10.6 Å². The maximum Gasteiger partial charge on any atom is 0.228 e. The van der Waals surface area contributed by atoms with Gasteiger partial charge in [-0.05, 0) is 44.7 Å². The van der Waals surface area contributed by atoms with Crippen molar-refractivity contribution in [3.63, 3.8) is 0 Å². The van der Waals surface area contributed by atoms with Gasteiger partial charge in [0.2, 0.25) is 5.91 Å². The van der Waals surface area contributed by atoms with Gasteiger partial charge in [0.05, 0.1) is 12.0 Å². The van der Waals surface area contributed by atoms with Gasteiger partial charge in [-0.3, -0.25) is 4.79 Å². The molecule has 1 aliphatic heterocycles. The second kappa shape index (κ2) is 9.56. The summed E-state index contributed by atoms with van der Waals surface area (Å²) in [6, 6.07) is 0. The highest BCUT2D eigenvalue weighted by Gasteiger charge is 2.39. The molecule has 1 heterocycles. The van der Waals surface area contributed by atoms with Crippen LogP contribution in [0.5, 0.6) is 0 Å². The molecule has 0 unspecified atom stereocenters. The molecule has 4 nitrogen and oxygen atoms in total. The Labute approximate surface area is 123 Å². The summed E-state index contributed by atoms with van der Waals surface area (Å²) >= 11 is 0. The minimum atomic E-state index is -0.308. The van der Waals surface area contributed by atoms with Crippen molar-refractivity contribution < 1.29 is 9.53 Å². The van der Waals surface area contributed by atoms with Gasteiger partial charge in [-0.1, -0.05) is 13.8 Å². The quantitative estimate of drug-likeness (QED) is 0.706. The molecule has 1 amide bonds. The first kappa shape index (κ1) is 18.7. The molecule has 0 aromatic carbocycles. The fraction of sp³-hybridized carbons (Fsp3) is 0.929. The van der Waals surface area contributed by atoms with E-state index < -0.39 is 0 Å². The standard InChI is InChI=1S/C14H28N2O2.ClH/c1-12(2)5-4-8-16-13(17)14(11-18-3)6-9-15-10-7-14;/h12,15H,4-11H2,1-3H3,(H,16,17);1H. The van der Waals surface area contributed by atoms with E-state index in [1.807, 2.05) is 0 Å². The van der Waals surface area contributed by atoms with Crippen LogP contribution in [0.15, 0.2) is 0 Å². The molecule has 1 rings (SSSR count). The predicted molar refractivity (Wildman–Crippen MR) is 80.7 cm³/mol. The predicted octanol–water partition coefficient (Wildman–Crippen LogP) is 1.98. The molecular weight excluding hydrogens is 264 g/mol. The van der Waals surface area contributed by atoms with E-state index >= 15 is 0 Å². The van der Waals surface area contributed by atoms with Crippen LogP contribution in [0.3, 0.4) is 0 Å². The lowest BCUT2D eigenvalue weighted by Crippen LogP contribution is -2.50. The van der Waals surface area contributed by atoms with Crippen LogP contribution in [-0.4, -0.2) is 39.3 Å². The first-order valence-electron chi connectivity index (χ1n) is 7.09. The Hall–Kier alpha value is -0.320. The van der Waals surface area contributed by atoms with E-state index in [1.165, 1.54) is 6.42 Å². The minimum absolute atomic E-state index is 0. The normalized spacial score (nSPS) is 17.9. The lowest BCUT2D eigenvalue weighted by Gasteiger charge is -2.35. The molecule has 0 aromatic heterocycles. The summed E-state index contributed by atoms with van der Waals surface area (Å²) in [5.74, 6) is 0.878. The van der Waals surface area contributed by atoms with E-state index in [2.05, 4.69) is 24.5 Å². The summed E-state index contributed by atoms with van der Waals surface area (Å²) in [4.78, 5) is 12.3. The van der Waals surface area contributed by atoms with Crippen molar-refractivity contribution in [1.29, 1.82) is 0 Å². The van der Waals surface area contributed by atoms with Gasteiger partial charge in [0.1, 0.15) is 0 Å². The van der Waals surface area contributed by atoms with E-state index in [4.69, 9.17) is 4.74 Å². The smallest absolute Gasteiger partial charge is 0.228 e. The lowest BCUT2D eigenvalue weighted by molar-refractivity contribution is -0.136. The van der Waals surface area contributed by atoms with E-state index in [1.54, 1.807) is 7.11 Å². The summed E-state index contributed by atoms with van der Waals surface area (Å²) < 4.78 is 5.26. The Bertz CT molecular complexity index is 248. The third-order valence-corrected chi connectivity index (χ3v) is 3.71. The van der Waals surface area contributed by atoms with Gasteiger partial charge in [-0.25, -0.2) is 0 Å². The van der Waals surface area contributed by atoms with Crippen LogP contribution in [-0.2, 0) is 9.53 Å². The molecule has 0 radical (unpaired) electrons. The highest BCUT2D eigenvalue weighted by molar-refractivity contribution is 5.85. The van der Waals surface area contributed by atoms with Crippen molar-refractivity contribution in [1.82, 2.24) is 10.6 Å². The second-order valence-corrected chi connectivity index (χ2v) is 5.76. The Morgan fingerprint density at radius 1 is 1.37 bits per heavy atom. The number of rotatable bonds is 7. The molecule has 114 valence electrons. The Morgan fingerprint density at radius 3 is 2.53 bits per heavy atom. The van der Waals surface area contributed by atoms with Gasteiger partial charge >= 0.3 is 0 Å². The third-order valence-electron chi connectivity index (χ3n) is 3.71. The summed E-state index contributed by atoms with van der Waals surface area (Å²) in [7, 11) is 1.68. The van der Waals surface area contributed by atoms with Crippen molar-refractivity contribution in [2.75, 3.05) is 33.4 Å².